The maximum atomic E-state index is 12.4. The van der Waals surface area contributed by atoms with Gasteiger partial charge in [0.1, 0.15) is 11.2 Å². The van der Waals surface area contributed by atoms with Crippen molar-refractivity contribution in [1.82, 2.24) is 9.97 Å². The quantitative estimate of drug-likeness (QED) is 0.674. The molecule has 0 atom stereocenters. The molecule has 0 aliphatic carbocycles. The maximum absolute atomic E-state index is 12.4. The first-order valence-corrected chi connectivity index (χ1v) is 8.39. The lowest BCUT2D eigenvalue weighted by molar-refractivity contribution is 0.603. The monoisotopic (exact) mass is 348 g/mol. The van der Waals surface area contributed by atoms with Gasteiger partial charge in [0.2, 0.25) is 15.8 Å². The molecule has 1 heterocycles. The Balaban J connectivity index is 2.35. The van der Waals surface area contributed by atoms with Gasteiger partial charge in [-0.2, -0.15) is 5.26 Å². The molecular weight excluding hydrogens is 336 g/mol. The van der Waals surface area contributed by atoms with Gasteiger partial charge in [0.15, 0.2) is 4.91 Å². The van der Waals surface area contributed by atoms with Crippen molar-refractivity contribution in [1.29, 1.82) is 5.26 Å². The van der Waals surface area contributed by atoms with Gasteiger partial charge in [-0.25, -0.2) is 18.4 Å². The number of hydrogen-bond acceptors (Lipinski definition) is 6. The van der Waals surface area contributed by atoms with Crippen LogP contribution in [0, 0.1) is 25.2 Å². The molecule has 0 bridgehead atoms. The summed E-state index contributed by atoms with van der Waals surface area (Å²) >= 11 is 5.80. The van der Waals surface area contributed by atoms with Gasteiger partial charge in [-0.1, -0.05) is 29.3 Å². The molecule has 0 spiro atoms. The normalized spacial score (nSPS) is 11.8. The predicted molar refractivity (Wildman–Crippen MR) is 87.5 cm³/mol. The molecule has 1 aromatic carbocycles. The summed E-state index contributed by atoms with van der Waals surface area (Å²) in [5, 5.41) is 12.0. The molecule has 2 rings (SSSR count). The molecule has 0 aliphatic rings. The summed E-state index contributed by atoms with van der Waals surface area (Å²) in [6.07, 6.45) is 1.06. The number of anilines is 1. The Morgan fingerprint density at radius 3 is 2.48 bits per heavy atom. The van der Waals surface area contributed by atoms with Gasteiger partial charge in [-0.3, -0.25) is 0 Å². The van der Waals surface area contributed by atoms with Crippen LogP contribution in [-0.4, -0.2) is 18.4 Å². The Morgan fingerprint density at radius 2 is 1.91 bits per heavy atom. The van der Waals surface area contributed by atoms with Crippen LogP contribution in [0.25, 0.3) is 0 Å². The zero-order chi connectivity index (χ0) is 17.0. The highest BCUT2D eigenvalue weighted by molar-refractivity contribution is 7.95. The average Bonchev–Trinajstić information content (AvgIpc) is 2.47. The van der Waals surface area contributed by atoms with Crippen LogP contribution in [0.3, 0.4) is 0 Å². The third-order valence-electron chi connectivity index (χ3n) is 2.89. The van der Waals surface area contributed by atoms with Gasteiger partial charge in [0, 0.05) is 11.9 Å². The predicted octanol–water partition coefficient (Wildman–Crippen LogP) is 3.00. The summed E-state index contributed by atoms with van der Waals surface area (Å²) < 4.78 is 24.9. The molecule has 2 aromatic rings. The van der Waals surface area contributed by atoms with Gasteiger partial charge in [0.25, 0.3) is 0 Å². The number of halogens is 1. The van der Waals surface area contributed by atoms with Crippen molar-refractivity contribution in [3.63, 3.8) is 0 Å². The van der Waals surface area contributed by atoms with E-state index in [9.17, 15) is 8.42 Å². The number of benzene rings is 1. The molecule has 0 radical (unpaired) electrons. The summed E-state index contributed by atoms with van der Waals surface area (Å²) in [6, 6.07) is 9.48. The van der Waals surface area contributed by atoms with E-state index in [1.165, 1.54) is 12.1 Å². The summed E-state index contributed by atoms with van der Waals surface area (Å²) in [4.78, 5) is 7.55. The highest BCUT2D eigenvalue weighted by Crippen LogP contribution is 2.19. The molecule has 0 saturated heterocycles. The van der Waals surface area contributed by atoms with Crippen LogP contribution in [0.4, 0.5) is 5.95 Å². The van der Waals surface area contributed by atoms with Crippen molar-refractivity contribution in [2.45, 2.75) is 18.7 Å². The van der Waals surface area contributed by atoms with Crippen molar-refractivity contribution in [3.8, 4) is 6.07 Å². The second-order valence-corrected chi connectivity index (χ2v) is 7.04. The van der Waals surface area contributed by atoms with E-state index >= 15 is 0 Å². The van der Waals surface area contributed by atoms with Crippen molar-refractivity contribution >= 4 is 27.4 Å². The zero-order valence-corrected chi connectivity index (χ0v) is 14.0. The van der Waals surface area contributed by atoms with Gasteiger partial charge in [-0.15, -0.1) is 0 Å². The van der Waals surface area contributed by atoms with Crippen molar-refractivity contribution in [2.75, 3.05) is 5.32 Å². The van der Waals surface area contributed by atoms with Crippen LogP contribution in [0.1, 0.15) is 11.3 Å². The van der Waals surface area contributed by atoms with Crippen LogP contribution in [0.2, 0.25) is 5.15 Å². The highest BCUT2D eigenvalue weighted by atomic mass is 35.5. The third kappa shape index (κ3) is 4.06. The Hall–Kier alpha value is -2.43. The van der Waals surface area contributed by atoms with E-state index < -0.39 is 14.7 Å². The zero-order valence-electron chi connectivity index (χ0n) is 12.4. The summed E-state index contributed by atoms with van der Waals surface area (Å²) in [7, 11) is -3.91. The third-order valence-corrected chi connectivity index (χ3v) is 4.76. The summed E-state index contributed by atoms with van der Waals surface area (Å²) in [6.45, 7) is 3.56. The fraction of sp³-hybridized carbons (Fsp3) is 0.133. The molecule has 6 nitrogen and oxygen atoms in total. The number of rotatable bonds is 4. The van der Waals surface area contributed by atoms with Gasteiger partial charge in [0.05, 0.1) is 4.90 Å². The topological polar surface area (TPSA) is 95.7 Å². The van der Waals surface area contributed by atoms with E-state index in [-0.39, 0.29) is 16.0 Å². The second-order valence-electron chi connectivity index (χ2n) is 4.74. The Kier molecular flexibility index (Phi) is 4.98. The Morgan fingerprint density at radius 1 is 1.26 bits per heavy atom. The van der Waals surface area contributed by atoms with Gasteiger partial charge < -0.3 is 5.32 Å². The molecule has 118 valence electrons. The van der Waals surface area contributed by atoms with E-state index in [0.717, 1.165) is 11.8 Å². The number of nitriles is 1. The van der Waals surface area contributed by atoms with Gasteiger partial charge in [-0.05, 0) is 32.0 Å². The number of aromatic nitrogens is 2. The lowest BCUT2D eigenvalue weighted by Crippen LogP contribution is -2.07. The lowest BCUT2D eigenvalue weighted by atomic mass is 10.2. The molecule has 0 unspecified atom stereocenters. The fourth-order valence-corrected chi connectivity index (χ4v) is 3.06. The fourth-order valence-electron chi connectivity index (χ4n) is 1.74. The van der Waals surface area contributed by atoms with Crippen LogP contribution in [0.5, 0.6) is 0 Å². The first kappa shape index (κ1) is 16.9. The summed E-state index contributed by atoms with van der Waals surface area (Å²) in [5.41, 5.74) is 1.54. The molecule has 23 heavy (non-hydrogen) atoms. The van der Waals surface area contributed by atoms with Crippen LogP contribution >= 0.6 is 11.6 Å². The van der Waals surface area contributed by atoms with Crippen molar-refractivity contribution in [2.24, 2.45) is 0 Å². The number of allylic oxidation sites excluding steroid dienone is 1. The molecule has 1 N–H and O–H groups in total. The molecule has 0 amide bonds. The van der Waals surface area contributed by atoms with Gasteiger partial charge >= 0.3 is 0 Å². The molecule has 1 aromatic heterocycles. The Labute approximate surface area is 139 Å². The number of aryl methyl sites for hydroxylation is 2. The van der Waals surface area contributed by atoms with Crippen LogP contribution in [-0.2, 0) is 9.84 Å². The average molecular weight is 349 g/mol. The standard InChI is InChI=1S/C15H13ClN4O2S/c1-10-3-5-12(6-4-10)23(21,22)13(8-17)9-18-15-19-11(2)7-14(16)20-15/h3-7,9H,1-2H3,(H,18,19,20)/b13-9-. The lowest BCUT2D eigenvalue weighted by Gasteiger charge is -2.05. The number of nitrogens with zero attached hydrogens (tertiary/aromatic N) is 3. The van der Waals surface area contributed by atoms with Crippen LogP contribution < -0.4 is 5.32 Å². The largest absolute Gasteiger partial charge is 0.329 e. The molecule has 8 heteroatoms. The first-order chi connectivity index (χ1) is 10.8. The van der Waals surface area contributed by atoms with E-state index in [1.54, 1.807) is 31.2 Å². The van der Waals surface area contributed by atoms with Crippen LogP contribution in [0.15, 0.2) is 46.3 Å². The number of sulfone groups is 1. The van der Waals surface area contributed by atoms with Crippen molar-refractivity contribution in [3.05, 3.63) is 57.8 Å². The van der Waals surface area contributed by atoms with Crippen molar-refractivity contribution < 1.29 is 8.42 Å². The van der Waals surface area contributed by atoms with E-state index in [0.29, 0.717) is 5.69 Å². The smallest absolute Gasteiger partial charge is 0.228 e. The summed E-state index contributed by atoms with van der Waals surface area (Å²) in [5.74, 6) is 0.113. The number of nitrogens with one attached hydrogen (secondary N) is 1. The molecule has 0 fully saturated rings. The van der Waals surface area contributed by atoms with E-state index in [1.807, 2.05) is 6.92 Å². The SMILES string of the molecule is Cc1ccc(S(=O)(=O)/C(C#N)=C\Nc2nc(C)cc(Cl)n2)cc1. The molecule has 0 aliphatic heterocycles. The minimum absolute atomic E-state index is 0.0425. The highest BCUT2D eigenvalue weighted by Gasteiger charge is 2.20. The Bertz CT molecular complexity index is 880. The second kappa shape index (κ2) is 6.77. The minimum atomic E-state index is -3.91. The van der Waals surface area contributed by atoms with E-state index in [2.05, 4.69) is 15.3 Å². The first-order valence-electron chi connectivity index (χ1n) is 6.52. The van der Waals surface area contributed by atoms with E-state index in [4.69, 9.17) is 16.9 Å². The molecule has 0 saturated carbocycles. The maximum Gasteiger partial charge on any atom is 0.228 e. The molecular formula is C15H13ClN4O2S. The minimum Gasteiger partial charge on any atom is -0.329 e. The number of hydrogen-bond donors (Lipinski definition) is 1.